The molecule has 2 aromatic heterocycles. The number of aromatic nitrogens is 2. The van der Waals surface area contributed by atoms with Crippen LogP contribution < -0.4 is 5.32 Å². The molecule has 0 aliphatic rings. The van der Waals surface area contributed by atoms with Crippen molar-refractivity contribution in [3.05, 3.63) is 84.5 Å². The summed E-state index contributed by atoms with van der Waals surface area (Å²) in [6, 6.07) is 14.8. The summed E-state index contributed by atoms with van der Waals surface area (Å²) >= 11 is 0. The molecule has 4 rings (SSSR count). The van der Waals surface area contributed by atoms with Gasteiger partial charge in [-0.05, 0) is 48.7 Å². The Balaban J connectivity index is 1.63. The first kappa shape index (κ1) is 21.4. The molecule has 0 radical (unpaired) electrons. The molecule has 0 aliphatic carbocycles. The number of carbonyl (C=O) groups excluding carboxylic acids is 2. The Morgan fingerprint density at radius 3 is 2.78 bits per heavy atom. The third kappa shape index (κ3) is 4.27. The number of esters is 1. The molecular formula is C25H24FN3O3. The Kier molecular flexibility index (Phi) is 6.07. The smallest absolute Gasteiger partial charge is 0.329 e. The second kappa shape index (κ2) is 9.09. The Labute approximate surface area is 184 Å². The van der Waals surface area contributed by atoms with E-state index in [0.29, 0.717) is 23.4 Å². The van der Waals surface area contributed by atoms with E-state index in [0.717, 1.165) is 16.3 Å². The fraction of sp³-hybridized carbons (Fsp3) is 0.200. The zero-order chi connectivity index (χ0) is 22.7. The normalized spacial score (nSPS) is 12.1. The average Bonchev–Trinajstić information content (AvgIpc) is 3.34. The lowest BCUT2D eigenvalue weighted by Gasteiger charge is -2.17. The minimum atomic E-state index is -0.907. The van der Waals surface area contributed by atoms with Gasteiger partial charge in [-0.2, -0.15) is 0 Å². The van der Waals surface area contributed by atoms with Gasteiger partial charge < -0.3 is 19.6 Å². The van der Waals surface area contributed by atoms with E-state index >= 15 is 0 Å². The average molecular weight is 433 g/mol. The maximum Gasteiger partial charge on any atom is 0.329 e. The molecule has 0 fully saturated rings. The summed E-state index contributed by atoms with van der Waals surface area (Å²) in [5, 5.41) is 4.56. The van der Waals surface area contributed by atoms with E-state index in [1.165, 1.54) is 12.1 Å². The molecule has 2 N–H and O–H groups in total. The predicted molar refractivity (Wildman–Crippen MR) is 122 cm³/mol. The van der Waals surface area contributed by atoms with E-state index in [-0.39, 0.29) is 24.8 Å². The molecule has 7 heteroatoms. The molecule has 2 heterocycles. The molecule has 6 nitrogen and oxygen atoms in total. The first-order valence-corrected chi connectivity index (χ1v) is 10.4. The third-order valence-electron chi connectivity index (χ3n) is 5.30. The molecule has 0 aliphatic heterocycles. The second-order valence-electron chi connectivity index (χ2n) is 7.50. The highest BCUT2D eigenvalue weighted by atomic mass is 19.1. The standard InChI is InChI=1S/C25H24FN3O3/c1-3-11-29-22-8-6-5-7-17(22)13-23(29)24(30)28-21(25(31)32-4-2)15-19-12-16-9-10-18(26)14-20(16)27-19/h3,5-10,12-14,21,27H,1,4,11,15H2,2H3,(H,28,30)/t21-/m1/s1. The second-order valence-corrected chi connectivity index (χ2v) is 7.50. The van der Waals surface area contributed by atoms with Gasteiger partial charge in [-0.15, -0.1) is 6.58 Å². The molecule has 0 bridgehead atoms. The van der Waals surface area contributed by atoms with Crippen molar-refractivity contribution in [2.75, 3.05) is 6.61 Å². The van der Waals surface area contributed by atoms with Crippen molar-refractivity contribution in [3.8, 4) is 0 Å². The number of ether oxygens (including phenoxy) is 1. The van der Waals surface area contributed by atoms with Crippen LogP contribution in [0.3, 0.4) is 0 Å². The number of aromatic amines is 1. The largest absolute Gasteiger partial charge is 0.464 e. The first-order chi connectivity index (χ1) is 15.5. The van der Waals surface area contributed by atoms with Crippen LogP contribution in [-0.4, -0.2) is 34.1 Å². The maximum atomic E-state index is 13.5. The number of fused-ring (bicyclic) bond motifs is 2. The van der Waals surface area contributed by atoms with Gasteiger partial charge in [0.25, 0.3) is 5.91 Å². The highest BCUT2D eigenvalue weighted by molar-refractivity contribution is 6.00. The van der Waals surface area contributed by atoms with Gasteiger partial charge in [0.1, 0.15) is 17.6 Å². The Hall–Kier alpha value is -3.87. The van der Waals surface area contributed by atoms with E-state index in [2.05, 4.69) is 16.9 Å². The summed E-state index contributed by atoms with van der Waals surface area (Å²) in [6.45, 7) is 6.14. The number of amides is 1. The summed E-state index contributed by atoms with van der Waals surface area (Å²) in [6.07, 6.45) is 1.90. The van der Waals surface area contributed by atoms with Gasteiger partial charge in [0.15, 0.2) is 0 Å². The zero-order valence-corrected chi connectivity index (χ0v) is 17.7. The van der Waals surface area contributed by atoms with Crippen molar-refractivity contribution in [2.24, 2.45) is 0 Å². The van der Waals surface area contributed by atoms with Crippen molar-refractivity contribution >= 4 is 33.7 Å². The number of halogens is 1. The van der Waals surface area contributed by atoms with E-state index in [9.17, 15) is 14.0 Å². The number of H-pyrrole nitrogens is 1. The lowest BCUT2D eigenvalue weighted by Crippen LogP contribution is -2.44. The quantitative estimate of drug-likeness (QED) is 0.320. The van der Waals surface area contributed by atoms with Crippen LogP contribution in [-0.2, 0) is 22.5 Å². The number of carbonyl (C=O) groups is 2. The number of benzene rings is 2. The number of nitrogens with zero attached hydrogens (tertiary/aromatic N) is 1. The fourth-order valence-corrected chi connectivity index (χ4v) is 3.88. The van der Waals surface area contributed by atoms with Crippen LogP contribution >= 0.6 is 0 Å². The molecule has 1 amide bonds. The van der Waals surface area contributed by atoms with Crippen LogP contribution in [0.4, 0.5) is 4.39 Å². The van der Waals surface area contributed by atoms with Gasteiger partial charge in [-0.3, -0.25) is 4.79 Å². The van der Waals surface area contributed by atoms with Crippen LogP contribution in [0.2, 0.25) is 0 Å². The number of hydrogen-bond acceptors (Lipinski definition) is 3. The van der Waals surface area contributed by atoms with Crippen LogP contribution in [0.1, 0.15) is 23.1 Å². The molecule has 0 saturated heterocycles. The van der Waals surface area contributed by atoms with E-state index in [1.54, 1.807) is 25.1 Å². The topological polar surface area (TPSA) is 76.1 Å². The van der Waals surface area contributed by atoms with Crippen molar-refractivity contribution in [1.82, 2.24) is 14.9 Å². The molecule has 1 atom stereocenters. The fourth-order valence-electron chi connectivity index (χ4n) is 3.88. The lowest BCUT2D eigenvalue weighted by atomic mass is 10.1. The Morgan fingerprint density at radius 2 is 2.00 bits per heavy atom. The highest BCUT2D eigenvalue weighted by Gasteiger charge is 2.26. The summed E-state index contributed by atoms with van der Waals surface area (Å²) in [4.78, 5) is 28.9. The van der Waals surface area contributed by atoms with Crippen molar-refractivity contribution in [2.45, 2.75) is 25.9 Å². The van der Waals surface area contributed by atoms with Crippen LogP contribution in [0, 0.1) is 5.82 Å². The zero-order valence-electron chi connectivity index (χ0n) is 17.7. The van der Waals surface area contributed by atoms with Crippen molar-refractivity contribution in [3.63, 3.8) is 0 Å². The molecule has 164 valence electrons. The van der Waals surface area contributed by atoms with Gasteiger partial charge in [0.05, 0.1) is 6.61 Å². The summed E-state index contributed by atoms with van der Waals surface area (Å²) in [5.41, 5.74) is 2.65. The highest BCUT2D eigenvalue weighted by Crippen LogP contribution is 2.21. The minimum absolute atomic E-state index is 0.183. The predicted octanol–water partition coefficient (Wildman–Crippen LogP) is 4.35. The summed E-state index contributed by atoms with van der Waals surface area (Å²) < 4.78 is 20.6. The van der Waals surface area contributed by atoms with E-state index < -0.39 is 12.0 Å². The SMILES string of the molecule is C=CCn1c(C(=O)N[C@H](Cc2cc3ccc(F)cc3[nH]2)C(=O)OCC)cc2ccccc21. The minimum Gasteiger partial charge on any atom is -0.464 e. The van der Waals surface area contributed by atoms with Crippen LogP contribution in [0.25, 0.3) is 21.8 Å². The van der Waals surface area contributed by atoms with Crippen molar-refractivity contribution in [1.29, 1.82) is 0 Å². The Morgan fingerprint density at radius 1 is 1.19 bits per heavy atom. The molecule has 0 unspecified atom stereocenters. The molecule has 32 heavy (non-hydrogen) atoms. The number of hydrogen-bond donors (Lipinski definition) is 2. The molecular weight excluding hydrogens is 409 g/mol. The molecule has 2 aromatic carbocycles. The van der Waals surface area contributed by atoms with Crippen molar-refractivity contribution < 1.29 is 18.7 Å². The monoisotopic (exact) mass is 433 g/mol. The Bertz CT molecular complexity index is 1300. The third-order valence-corrected chi connectivity index (χ3v) is 5.30. The van der Waals surface area contributed by atoms with Crippen LogP contribution in [0.15, 0.2) is 67.3 Å². The number of rotatable bonds is 8. The summed E-state index contributed by atoms with van der Waals surface area (Å²) in [7, 11) is 0. The van der Waals surface area contributed by atoms with Gasteiger partial charge in [0, 0.05) is 35.1 Å². The van der Waals surface area contributed by atoms with Gasteiger partial charge in [0.2, 0.25) is 0 Å². The lowest BCUT2D eigenvalue weighted by molar-refractivity contribution is -0.145. The molecule has 0 spiro atoms. The first-order valence-electron chi connectivity index (χ1n) is 10.4. The van der Waals surface area contributed by atoms with Crippen LogP contribution in [0.5, 0.6) is 0 Å². The van der Waals surface area contributed by atoms with E-state index in [1.807, 2.05) is 34.9 Å². The summed E-state index contributed by atoms with van der Waals surface area (Å²) in [5.74, 6) is -1.27. The molecule has 0 saturated carbocycles. The number of nitrogens with one attached hydrogen (secondary N) is 2. The number of allylic oxidation sites excluding steroid dienone is 1. The molecule has 4 aromatic rings. The maximum absolute atomic E-state index is 13.5. The number of para-hydroxylation sites is 1. The van der Waals surface area contributed by atoms with Gasteiger partial charge in [-0.1, -0.05) is 24.3 Å². The van der Waals surface area contributed by atoms with Gasteiger partial charge in [-0.25, -0.2) is 9.18 Å². The van der Waals surface area contributed by atoms with E-state index in [4.69, 9.17) is 4.74 Å². The van der Waals surface area contributed by atoms with Gasteiger partial charge >= 0.3 is 5.97 Å².